The van der Waals surface area contributed by atoms with Crippen LogP contribution < -0.4 is 10.9 Å². The second kappa shape index (κ2) is 8.84. The number of aromatic amines is 2. The van der Waals surface area contributed by atoms with E-state index < -0.39 is 0 Å². The predicted octanol–water partition coefficient (Wildman–Crippen LogP) is 5.63. The first-order valence-electron chi connectivity index (χ1n) is 10.1. The second-order valence-electron chi connectivity index (χ2n) is 7.19. The fourth-order valence-corrected chi connectivity index (χ4v) is 3.37. The van der Waals surface area contributed by atoms with E-state index in [-0.39, 0.29) is 5.56 Å². The van der Waals surface area contributed by atoms with Crippen LogP contribution in [0.15, 0.2) is 77.7 Å². The van der Waals surface area contributed by atoms with Gasteiger partial charge in [-0.05, 0) is 66.4 Å². The smallest absolute Gasteiger partial charge is 0.255 e. The van der Waals surface area contributed by atoms with Crippen molar-refractivity contribution < 1.29 is 4.74 Å². The van der Waals surface area contributed by atoms with Crippen LogP contribution in [0.5, 0.6) is 0 Å². The van der Waals surface area contributed by atoms with E-state index in [9.17, 15) is 4.79 Å². The molecule has 2 aromatic carbocycles. The monoisotopic (exact) mass is 399 g/mol. The summed E-state index contributed by atoms with van der Waals surface area (Å²) in [5.41, 5.74) is 6.91. The Balaban J connectivity index is 1.52. The molecule has 2 heterocycles. The molecule has 152 valence electrons. The van der Waals surface area contributed by atoms with Crippen LogP contribution in [0.25, 0.3) is 22.4 Å². The van der Waals surface area contributed by atoms with Crippen LogP contribution in [0.4, 0.5) is 11.5 Å². The van der Waals surface area contributed by atoms with E-state index >= 15 is 0 Å². The van der Waals surface area contributed by atoms with Crippen molar-refractivity contribution >= 4 is 11.5 Å². The van der Waals surface area contributed by atoms with E-state index in [1.54, 1.807) is 6.20 Å². The van der Waals surface area contributed by atoms with Crippen molar-refractivity contribution in [3.63, 3.8) is 0 Å². The van der Waals surface area contributed by atoms with Crippen LogP contribution >= 0.6 is 0 Å². The lowest BCUT2D eigenvalue weighted by atomic mass is 10.0. The molecule has 4 rings (SSSR count). The summed E-state index contributed by atoms with van der Waals surface area (Å²) in [6.45, 7) is 5.39. The normalized spacial score (nSPS) is 10.9. The number of hydrogen-bond donors (Lipinski definition) is 3. The molecule has 2 aromatic heterocycles. The number of benzene rings is 2. The van der Waals surface area contributed by atoms with Gasteiger partial charge in [0.2, 0.25) is 0 Å². The molecule has 0 aliphatic carbocycles. The highest BCUT2D eigenvalue weighted by atomic mass is 16.5. The maximum absolute atomic E-state index is 12.0. The molecule has 0 aliphatic heterocycles. The van der Waals surface area contributed by atoms with Crippen LogP contribution in [0, 0.1) is 6.92 Å². The van der Waals surface area contributed by atoms with Crippen molar-refractivity contribution in [2.75, 3.05) is 11.9 Å². The second-order valence-corrected chi connectivity index (χ2v) is 7.19. The third-order valence-electron chi connectivity index (χ3n) is 5.06. The molecular formula is C25H25N3O2. The molecule has 0 saturated heterocycles. The van der Waals surface area contributed by atoms with Crippen molar-refractivity contribution in [2.24, 2.45) is 0 Å². The van der Waals surface area contributed by atoms with Crippen LogP contribution in [-0.2, 0) is 11.3 Å². The van der Waals surface area contributed by atoms with Gasteiger partial charge in [-0.1, -0.05) is 36.4 Å². The zero-order valence-corrected chi connectivity index (χ0v) is 17.2. The van der Waals surface area contributed by atoms with Crippen LogP contribution in [0.1, 0.15) is 18.1 Å². The minimum Gasteiger partial charge on any atom is -0.377 e. The van der Waals surface area contributed by atoms with Crippen LogP contribution in [0.2, 0.25) is 0 Å². The number of nitrogens with one attached hydrogen (secondary N) is 3. The van der Waals surface area contributed by atoms with E-state index in [2.05, 4.69) is 40.4 Å². The Kier molecular flexibility index (Phi) is 5.82. The summed E-state index contributed by atoms with van der Waals surface area (Å²) in [5.74, 6) is 0.922. The van der Waals surface area contributed by atoms with Gasteiger partial charge in [-0.2, -0.15) is 0 Å². The average Bonchev–Trinajstić information content (AvgIpc) is 3.23. The number of H-pyrrole nitrogens is 2. The SMILES string of the molecule is CCOCc1ccc(C)c(Nc2ccc(-c3ccc(-c4ccc[nH]c4=O)cc3)[nH]2)c1. The van der Waals surface area contributed by atoms with Crippen molar-refractivity contribution in [2.45, 2.75) is 20.5 Å². The number of rotatable bonds is 7. The zero-order chi connectivity index (χ0) is 20.9. The number of aryl methyl sites for hydroxylation is 1. The fraction of sp³-hybridized carbons (Fsp3) is 0.160. The van der Waals surface area contributed by atoms with Gasteiger partial charge in [-0.25, -0.2) is 0 Å². The Morgan fingerprint density at radius 1 is 0.967 bits per heavy atom. The first kappa shape index (κ1) is 19.7. The minimum absolute atomic E-state index is 0.0847. The van der Waals surface area contributed by atoms with Gasteiger partial charge in [0.25, 0.3) is 5.56 Å². The molecule has 0 aliphatic rings. The Morgan fingerprint density at radius 2 is 1.77 bits per heavy atom. The van der Waals surface area contributed by atoms with Gasteiger partial charge in [0.05, 0.1) is 6.61 Å². The topological polar surface area (TPSA) is 69.9 Å². The number of hydrogen-bond acceptors (Lipinski definition) is 3. The van der Waals surface area contributed by atoms with Crippen LogP contribution in [-0.4, -0.2) is 16.6 Å². The molecule has 30 heavy (non-hydrogen) atoms. The lowest BCUT2D eigenvalue weighted by molar-refractivity contribution is 0.134. The summed E-state index contributed by atoms with van der Waals surface area (Å²) in [4.78, 5) is 18.1. The molecule has 0 saturated carbocycles. The first-order chi connectivity index (χ1) is 14.6. The van der Waals surface area contributed by atoms with E-state index in [1.165, 1.54) is 5.56 Å². The van der Waals surface area contributed by atoms with E-state index in [4.69, 9.17) is 4.74 Å². The fourth-order valence-electron chi connectivity index (χ4n) is 3.37. The Bertz CT molecular complexity index is 1190. The lowest BCUT2D eigenvalue weighted by Gasteiger charge is -2.11. The molecule has 0 bridgehead atoms. The zero-order valence-electron chi connectivity index (χ0n) is 17.2. The molecule has 0 spiro atoms. The average molecular weight is 399 g/mol. The third-order valence-corrected chi connectivity index (χ3v) is 5.06. The molecule has 0 fully saturated rings. The van der Waals surface area contributed by atoms with Gasteiger partial charge < -0.3 is 20.0 Å². The highest BCUT2D eigenvalue weighted by Gasteiger charge is 2.07. The molecule has 0 atom stereocenters. The van der Waals surface area contributed by atoms with E-state index in [1.807, 2.05) is 55.5 Å². The molecule has 0 radical (unpaired) electrons. The molecule has 5 nitrogen and oxygen atoms in total. The highest BCUT2D eigenvalue weighted by Crippen LogP contribution is 2.27. The molecule has 5 heteroatoms. The van der Waals surface area contributed by atoms with E-state index in [0.717, 1.165) is 33.9 Å². The Hall–Kier alpha value is -3.57. The Labute approximate surface area is 175 Å². The van der Waals surface area contributed by atoms with E-state index in [0.29, 0.717) is 18.8 Å². The molecular weight excluding hydrogens is 374 g/mol. The Morgan fingerprint density at radius 3 is 2.53 bits per heavy atom. The van der Waals surface area contributed by atoms with Crippen LogP contribution in [0.3, 0.4) is 0 Å². The largest absolute Gasteiger partial charge is 0.377 e. The van der Waals surface area contributed by atoms with Gasteiger partial charge in [0, 0.05) is 29.7 Å². The highest BCUT2D eigenvalue weighted by molar-refractivity contribution is 5.71. The molecule has 0 unspecified atom stereocenters. The lowest BCUT2D eigenvalue weighted by Crippen LogP contribution is -2.06. The van der Waals surface area contributed by atoms with Gasteiger partial charge in [-0.15, -0.1) is 0 Å². The maximum atomic E-state index is 12.0. The van der Waals surface area contributed by atoms with Crippen molar-refractivity contribution in [3.8, 4) is 22.4 Å². The number of aromatic nitrogens is 2. The molecule has 3 N–H and O–H groups in total. The summed E-state index contributed by atoms with van der Waals surface area (Å²) in [6.07, 6.45) is 1.64. The van der Waals surface area contributed by atoms with Gasteiger partial charge in [-0.3, -0.25) is 4.79 Å². The molecule has 0 amide bonds. The third kappa shape index (κ3) is 4.36. The quantitative estimate of drug-likeness (QED) is 0.377. The summed E-state index contributed by atoms with van der Waals surface area (Å²) in [7, 11) is 0. The van der Waals surface area contributed by atoms with Crippen molar-refractivity contribution in [3.05, 3.63) is 94.4 Å². The van der Waals surface area contributed by atoms with Gasteiger partial charge >= 0.3 is 0 Å². The summed E-state index contributed by atoms with van der Waals surface area (Å²) in [6, 6.07) is 22.0. The van der Waals surface area contributed by atoms with Crippen molar-refractivity contribution in [1.82, 2.24) is 9.97 Å². The summed E-state index contributed by atoms with van der Waals surface area (Å²) < 4.78 is 5.52. The molecule has 4 aromatic rings. The summed E-state index contributed by atoms with van der Waals surface area (Å²) >= 11 is 0. The van der Waals surface area contributed by atoms with Gasteiger partial charge in [0.1, 0.15) is 5.82 Å². The maximum Gasteiger partial charge on any atom is 0.255 e. The number of ether oxygens (including phenoxy) is 1. The predicted molar refractivity (Wildman–Crippen MR) is 122 cm³/mol. The number of pyridine rings is 1. The van der Waals surface area contributed by atoms with Gasteiger partial charge in [0.15, 0.2) is 0 Å². The minimum atomic E-state index is -0.0847. The van der Waals surface area contributed by atoms with Crippen molar-refractivity contribution in [1.29, 1.82) is 0 Å². The first-order valence-corrected chi connectivity index (χ1v) is 10.1. The number of anilines is 2. The standard InChI is InChI=1S/C25H25N3O2/c1-3-30-16-18-7-6-17(2)23(15-18)28-24-13-12-22(27-24)20-10-8-19(9-11-20)21-5-4-14-26-25(21)29/h4-15,27-28H,3,16H2,1-2H3,(H,26,29). The summed E-state index contributed by atoms with van der Waals surface area (Å²) in [5, 5.41) is 3.47.